The Bertz CT molecular complexity index is 4000. The smallest absolute Gasteiger partial charge is 0.343 e. The molecule has 0 saturated heterocycles. The molecule has 111 heavy (non-hydrogen) atoms. The number of nitrogens with one attached hydrogen (secondary N) is 7. The normalized spacial score (nSPS) is 18.7. The van der Waals surface area contributed by atoms with Gasteiger partial charge in [-0.3, -0.25) is 52.8 Å². The van der Waals surface area contributed by atoms with Crippen molar-refractivity contribution in [3.05, 3.63) is 110 Å². The van der Waals surface area contributed by atoms with Crippen molar-refractivity contribution in [3.8, 4) is 11.4 Å². The number of amides is 9. The molecular weight excluding hydrogens is 1450 g/mol. The SMILES string of the molecule is CC[C@@]1(O)C(=O)OCc2c1cc1n(c2=O)Cc2c-1nc1cc(F)c(C)c3c1c2[C@@H](NC(=O)[C@H](OCNC(=O)CNC(=O)[C@H](Cc1ccccc1)NC(=O)CNC(=O)CNC(=O)COCCOCCOCCOCCOCCOCCOCCOCCOCCNC(=O)C1CCC(CN2C(=O)C=CC2=O)CC1)C1CC1)CC3. The summed E-state index contributed by atoms with van der Waals surface area (Å²) in [5.74, 6) is -5.72. The second-order valence-corrected chi connectivity index (χ2v) is 27.7. The van der Waals surface area contributed by atoms with Crippen LogP contribution < -0.4 is 42.8 Å². The van der Waals surface area contributed by atoms with E-state index in [1.54, 1.807) is 50.2 Å². The van der Waals surface area contributed by atoms with Crippen molar-refractivity contribution in [2.45, 2.75) is 115 Å². The summed E-state index contributed by atoms with van der Waals surface area (Å²) in [5.41, 5.74) is 1.89. The van der Waals surface area contributed by atoms with Crippen LogP contribution in [0.25, 0.3) is 22.3 Å². The number of aliphatic hydroxyl groups is 1. The molecule has 4 aromatic rings. The standard InChI is InChI=1S/C77H101FN10O23/c1-3-77(100)56-38-61-70-54(44-87(61)75(98)55(56)45-110-76(77)99)69-58(16-15-53-48(2)57(78)39-59(85-70)68(53)69)86-74(97)71(51-13-14-51)111-47-83-63(90)41-82-73(96)60(37-49-7-5-4-6-8-49)84-64(91)42-80-62(89)40-81-65(92)46-109-36-35-108-34-33-107-32-31-106-30-29-105-28-27-104-26-25-103-24-23-102-22-21-101-20-19-79-72(95)52-11-9-50(10-12-52)43-88-66(93)17-18-67(88)94/h4-8,17-18,38-39,50-52,58,60,71,100H,3,9-16,19-37,40-47H2,1-2H3,(H,79,95)(H,80,89)(H,81,92)(H,82,96)(H,83,90)(H,84,91)(H,86,97)/t50?,52?,58-,60-,71+,77-/m0/s1. The number of hydrogen-bond acceptors (Lipinski definition) is 24. The Kier molecular flexibility index (Phi) is 32.3. The van der Waals surface area contributed by atoms with E-state index in [2.05, 4.69) is 37.2 Å². The highest BCUT2D eigenvalue weighted by Crippen LogP contribution is 2.46. The number of ether oxygens (including phenoxy) is 11. The molecule has 604 valence electrons. The highest BCUT2D eigenvalue weighted by Gasteiger charge is 2.47. The minimum absolute atomic E-state index is 0.00593. The first kappa shape index (κ1) is 84.4. The molecule has 0 spiro atoms. The van der Waals surface area contributed by atoms with E-state index in [4.69, 9.17) is 57.1 Å². The summed E-state index contributed by atoms with van der Waals surface area (Å²) >= 11 is 0. The number of pyridine rings is 2. The van der Waals surface area contributed by atoms with E-state index in [1.807, 2.05) is 0 Å². The van der Waals surface area contributed by atoms with Crippen LogP contribution in [0.3, 0.4) is 0 Å². The van der Waals surface area contributed by atoms with Crippen molar-refractivity contribution >= 4 is 70.0 Å². The van der Waals surface area contributed by atoms with Crippen LogP contribution >= 0.6 is 0 Å². The van der Waals surface area contributed by atoms with E-state index in [1.165, 1.54) is 27.7 Å². The Morgan fingerprint density at radius 2 is 1.21 bits per heavy atom. The number of esters is 1. The average Bonchev–Trinajstić information content (AvgIpc) is 1.56. The number of rotatable bonds is 49. The zero-order valence-electron chi connectivity index (χ0n) is 62.8. The van der Waals surface area contributed by atoms with Gasteiger partial charge < -0.3 is 99.0 Å². The Labute approximate surface area is 641 Å². The average molecular weight is 1550 g/mol. The molecule has 10 rings (SSSR count). The fourth-order valence-corrected chi connectivity index (χ4v) is 13.9. The van der Waals surface area contributed by atoms with Crippen LogP contribution in [0.2, 0.25) is 0 Å². The van der Waals surface area contributed by atoms with Gasteiger partial charge in [-0.1, -0.05) is 37.3 Å². The first-order valence-corrected chi connectivity index (χ1v) is 38.0. The number of aryl methyl sites for hydroxylation is 1. The molecule has 9 amide bonds. The van der Waals surface area contributed by atoms with Crippen molar-refractivity contribution in [1.82, 2.24) is 51.7 Å². The summed E-state index contributed by atoms with van der Waals surface area (Å²) in [7, 11) is 0. The van der Waals surface area contributed by atoms with Gasteiger partial charge >= 0.3 is 5.97 Å². The maximum atomic E-state index is 15.6. The number of aromatic nitrogens is 2. The highest BCUT2D eigenvalue weighted by molar-refractivity contribution is 6.13. The Balaban J connectivity index is 0.514. The number of imide groups is 1. The second kappa shape index (κ2) is 42.5. The molecule has 34 heteroatoms. The first-order chi connectivity index (χ1) is 53.8. The molecule has 33 nitrogen and oxygen atoms in total. The van der Waals surface area contributed by atoms with Crippen LogP contribution in [0.15, 0.2) is 59.4 Å². The first-order valence-electron chi connectivity index (χ1n) is 38.0. The quantitative estimate of drug-likeness (QED) is 0.0114. The van der Waals surface area contributed by atoms with E-state index >= 15 is 4.39 Å². The molecule has 0 radical (unpaired) electrons. The summed E-state index contributed by atoms with van der Waals surface area (Å²) in [4.78, 5) is 149. The minimum Gasteiger partial charge on any atom is -0.458 e. The minimum atomic E-state index is -2.06. The van der Waals surface area contributed by atoms with Gasteiger partial charge in [0, 0.05) is 60.2 Å². The lowest BCUT2D eigenvalue weighted by molar-refractivity contribution is -0.172. The third-order valence-electron chi connectivity index (χ3n) is 20.1. The molecule has 3 aliphatic carbocycles. The van der Waals surface area contributed by atoms with Crippen LogP contribution in [0.4, 0.5) is 4.39 Å². The number of carbonyl (C=O) groups excluding carboxylic acids is 10. The predicted molar refractivity (Wildman–Crippen MR) is 392 cm³/mol. The topological polar surface area (TPSA) is 415 Å². The second-order valence-electron chi connectivity index (χ2n) is 27.7. The number of nitrogens with zero attached hydrogens (tertiary/aromatic N) is 3. The molecule has 2 aromatic heterocycles. The Morgan fingerprint density at radius 1 is 0.640 bits per heavy atom. The number of benzene rings is 2. The van der Waals surface area contributed by atoms with Gasteiger partial charge in [-0.25, -0.2) is 14.2 Å². The van der Waals surface area contributed by atoms with Crippen LogP contribution in [0, 0.1) is 30.5 Å². The molecule has 2 saturated carbocycles. The van der Waals surface area contributed by atoms with Gasteiger partial charge in [-0.15, -0.1) is 0 Å². The van der Waals surface area contributed by atoms with Gasteiger partial charge in [0.2, 0.25) is 41.4 Å². The van der Waals surface area contributed by atoms with Gasteiger partial charge in [0.1, 0.15) is 37.9 Å². The van der Waals surface area contributed by atoms with Crippen LogP contribution in [-0.4, -0.2) is 249 Å². The van der Waals surface area contributed by atoms with Crippen LogP contribution in [-0.2, 0) is 132 Å². The summed E-state index contributed by atoms with van der Waals surface area (Å²) in [5, 5.41) is 30.8. The van der Waals surface area contributed by atoms with Crippen LogP contribution in [0.1, 0.15) is 103 Å². The third kappa shape index (κ3) is 24.0. The van der Waals surface area contributed by atoms with E-state index in [0.717, 1.165) is 31.2 Å². The maximum Gasteiger partial charge on any atom is 0.343 e. The lowest BCUT2D eigenvalue weighted by Crippen LogP contribution is -2.52. The largest absolute Gasteiger partial charge is 0.458 e. The number of hydrogen-bond donors (Lipinski definition) is 8. The fourth-order valence-electron chi connectivity index (χ4n) is 13.9. The van der Waals surface area contributed by atoms with Crippen molar-refractivity contribution in [2.24, 2.45) is 17.8 Å². The van der Waals surface area contributed by atoms with E-state index < -0.39 is 103 Å². The van der Waals surface area contributed by atoms with E-state index in [9.17, 15) is 57.8 Å². The summed E-state index contributed by atoms with van der Waals surface area (Å²) in [6.07, 6.45) is 6.75. The summed E-state index contributed by atoms with van der Waals surface area (Å²) in [6, 6.07) is 9.87. The van der Waals surface area contributed by atoms with E-state index in [0.29, 0.717) is 176 Å². The molecule has 2 fully saturated rings. The lowest BCUT2D eigenvalue weighted by Gasteiger charge is -2.31. The molecule has 8 N–H and O–H groups in total. The summed E-state index contributed by atoms with van der Waals surface area (Å²) in [6.45, 7) is 7.50. The number of halogens is 1. The van der Waals surface area contributed by atoms with Gasteiger partial charge in [-0.05, 0) is 105 Å². The lowest BCUT2D eigenvalue weighted by atomic mass is 9.81. The molecule has 5 heterocycles. The molecule has 0 unspecified atom stereocenters. The third-order valence-corrected chi connectivity index (χ3v) is 20.1. The fraction of sp³-hybridized carbons (Fsp3) is 0.584. The van der Waals surface area contributed by atoms with E-state index in [-0.39, 0.29) is 99.0 Å². The molecular formula is C77H101FN10O23. The number of fused-ring (bicyclic) bond motifs is 5. The summed E-state index contributed by atoms with van der Waals surface area (Å²) < 4.78 is 77.8. The molecule has 4 atom stereocenters. The van der Waals surface area contributed by atoms with Crippen molar-refractivity contribution in [2.75, 3.05) is 158 Å². The zero-order chi connectivity index (χ0) is 78.7. The molecule has 0 bridgehead atoms. The Hall–Kier alpha value is -9.07. The highest BCUT2D eigenvalue weighted by atomic mass is 19.1. The Morgan fingerprint density at radius 3 is 1.81 bits per heavy atom. The van der Waals surface area contributed by atoms with Crippen molar-refractivity contribution < 1.29 is 110 Å². The molecule has 3 aliphatic heterocycles. The molecule has 2 aromatic carbocycles. The van der Waals surface area contributed by atoms with Gasteiger partial charge in [0.25, 0.3) is 17.4 Å². The van der Waals surface area contributed by atoms with Crippen molar-refractivity contribution in [1.29, 1.82) is 0 Å². The van der Waals surface area contributed by atoms with Gasteiger partial charge in [0.05, 0.1) is 167 Å². The van der Waals surface area contributed by atoms with Gasteiger partial charge in [-0.2, -0.15) is 0 Å². The number of carbonyl (C=O) groups is 10. The monoisotopic (exact) mass is 1550 g/mol. The van der Waals surface area contributed by atoms with Gasteiger partial charge in [0.15, 0.2) is 5.60 Å². The maximum absolute atomic E-state index is 15.6. The van der Waals surface area contributed by atoms with Crippen molar-refractivity contribution in [3.63, 3.8) is 0 Å². The predicted octanol–water partition coefficient (Wildman–Crippen LogP) is 0.573. The zero-order valence-corrected chi connectivity index (χ0v) is 62.8. The molecule has 6 aliphatic rings. The number of cyclic esters (lactones) is 1. The van der Waals surface area contributed by atoms with Crippen LogP contribution in [0.5, 0.6) is 0 Å².